The fourth-order valence-electron chi connectivity index (χ4n) is 9.46. The third-order valence-electron chi connectivity index (χ3n) is 12.1. The molecular formula is C43H43Cl2FN6O5. The summed E-state index contributed by atoms with van der Waals surface area (Å²) in [6.45, 7) is 7.41. The zero-order valence-corrected chi connectivity index (χ0v) is 33.4. The predicted molar refractivity (Wildman–Crippen MR) is 217 cm³/mol. The molecule has 0 radical (unpaired) electrons. The second kappa shape index (κ2) is 14.9. The molecular weight excluding hydrogens is 770 g/mol. The number of ether oxygens (including phenoxy) is 3. The van der Waals surface area contributed by atoms with Gasteiger partial charge in [-0.2, -0.15) is 9.97 Å². The SMILES string of the molecule is Cc1cc(Cl)cc(Cl)c1C(=O)Oc1cc2c3c(cccc3c1)CCCOC(=O)NC1(C)CCCN(C1)c1nc(OCC34CCCN3CCC4)nc3c(F)c-2ncc13. The van der Waals surface area contributed by atoms with Crippen LogP contribution >= 0.6 is 23.2 Å². The first kappa shape index (κ1) is 37.8. The molecule has 3 saturated heterocycles. The van der Waals surface area contributed by atoms with Crippen LogP contribution in [0.4, 0.5) is 15.0 Å². The summed E-state index contributed by atoms with van der Waals surface area (Å²) in [6, 6.07) is 12.3. The van der Waals surface area contributed by atoms with Crippen LogP contribution in [0.25, 0.3) is 32.9 Å². The van der Waals surface area contributed by atoms with Crippen molar-refractivity contribution < 1.29 is 28.2 Å². The molecule has 6 bridgehead atoms. The molecule has 1 N–H and O–H groups in total. The lowest BCUT2D eigenvalue weighted by Gasteiger charge is -2.41. The van der Waals surface area contributed by atoms with Gasteiger partial charge in [0.15, 0.2) is 5.82 Å². The number of alkyl carbamates (subject to hydrolysis) is 1. The van der Waals surface area contributed by atoms with Crippen LogP contribution in [-0.4, -0.2) is 82.4 Å². The number of halogens is 3. The number of pyridine rings is 1. The lowest BCUT2D eigenvalue weighted by atomic mass is 9.91. The number of hydrogen-bond donors (Lipinski definition) is 1. The summed E-state index contributed by atoms with van der Waals surface area (Å²) in [5, 5.41) is 5.50. The number of aryl methyl sites for hydroxylation is 2. The Morgan fingerprint density at radius 1 is 1.04 bits per heavy atom. The van der Waals surface area contributed by atoms with Gasteiger partial charge in [0.25, 0.3) is 0 Å². The minimum atomic E-state index is -0.682. The molecule has 1 amide bonds. The van der Waals surface area contributed by atoms with Gasteiger partial charge >= 0.3 is 18.1 Å². The lowest BCUT2D eigenvalue weighted by Crippen LogP contribution is -2.57. The number of amides is 1. The minimum Gasteiger partial charge on any atom is -0.461 e. The van der Waals surface area contributed by atoms with Gasteiger partial charge in [0, 0.05) is 29.9 Å². The quantitative estimate of drug-likeness (QED) is 0.136. The Kier molecular flexibility index (Phi) is 9.85. The number of benzene rings is 3. The summed E-state index contributed by atoms with van der Waals surface area (Å²) in [6.07, 6.45) is 7.90. The molecule has 3 fully saturated rings. The molecule has 10 rings (SSSR count). The maximum absolute atomic E-state index is 17.6. The smallest absolute Gasteiger partial charge is 0.407 e. The summed E-state index contributed by atoms with van der Waals surface area (Å²) >= 11 is 12.6. The Balaban J connectivity index is 1.21. The summed E-state index contributed by atoms with van der Waals surface area (Å²) in [5.41, 5.74) is 1.40. The Hall–Kier alpha value is -4.78. The number of esters is 1. The Morgan fingerprint density at radius 3 is 2.65 bits per heavy atom. The minimum absolute atomic E-state index is 0.0337. The standard InChI is InChI=1S/C43H43Cl2FN6O5/c1-25-18-28(44)20-32(45)33(25)39(53)57-29-19-27-9-3-8-26-10-4-17-55-41(54)50-42(2)11-5-14-51(23-42)38-31-22-47-36(30(21-29)34(26)27)35(46)37(31)48-40(49-38)56-24-43-12-6-15-52(43)16-7-13-43/h3,8-9,18-22H,4-7,10-17,23-24H2,1-2H3,(H,50,54). The Morgan fingerprint density at radius 2 is 1.84 bits per heavy atom. The van der Waals surface area contributed by atoms with Gasteiger partial charge in [0.2, 0.25) is 0 Å². The molecule has 1 atom stereocenters. The number of nitrogens with one attached hydrogen (secondary N) is 1. The zero-order chi connectivity index (χ0) is 39.5. The van der Waals surface area contributed by atoms with Gasteiger partial charge in [-0.25, -0.2) is 14.0 Å². The molecule has 0 spiro atoms. The number of anilines is 1. The first-order valence-corrected chi connectivity index (χ1v) is 20.4. The highest BCUT2D eigenvalue weighted by atomic mass is 35.5. The molecule has 14 heteroatoms. The van der Waals surface area contributed by atoms with Crippen molar-refractivity contribution in [2.45, 2.75) is 76.3 Å². The van der Waals surface area contributed by atoms with Gasteiger partial charge in [-0.1, -0.05) is 41.4 Å². The van der Waals surface area contributed by atoms with Crippen molar-refractivity contribution >= 4 is 62.8 Å². The number of nitrogens with zero attached hydrogens (tertiary/aromatic N) is 5. The van der Waals surface area contributed by atoms with E-state index < -0.39 is 23.4 Å². The number of carbonyl (C=O) groups excluding carboxylic acids is 2. The molecule has 2 aromatic heterocycles. The van der Waals surface area contributed by atoms with E-state index in [1.165, 1.54) is 6.07 Å². The van der Waals surface area contributed by atoms with Crippen molar-refractivity contribution in [3.63, 3.8) is 0 Å². The molecule has 5 aliphatic heterocycles. The summed E-state index contributed by atoms with van der Waals surface area (Å²) in [5.74, 6) is -0.679. The van der Waals surface area contributed by atoms with E-state index in [2.05, 4.69) is 10.2 Å². The zero-order valence-electron chi connectivity index (χ0n) is 31.9. The van der Waals surface area contributed by atoms with Crippen LogP contribution < -0.4 is 19.7 Å². The van der Waals surface area contributed by atoms with Crippen LogP contribution in [0.15, 0.2) is 48.7 Å². The number of hydrogen-bond acceptors (Lipinski definition) is 10. The van der Waals surface area contributed by atoms with E-state index in [0.29, 0.717) is 65.3 Å². The molecule has 11 nitrogen and oxygen atoms in total. The molecule has 7 heterocycles. The Labute approximate surface area is 339 Å². The number of fused-ring (bicyclic) bond motifs is 7. The van der Waals surface area contributed by atoms with Gasteiger partial charge < -0.3 is 24.4 Å². The van der Waals surface area contributed by atoms with E-state index in [9.17, 15) is 9.59 Å². The Bertz CT molecular complexity index is 2420. The van der Waals surface area contributed by atoms with Gasteiger partial charge in [-0.3, -0.25) is 9.88 Å². The van der Waals surface area contributed by atoms with Crippen LogP contribution in [0.2, 0.25) is 10.0 Å². The van der Waals surface area contributed by atoms with E-state index in [-0.39, 0.29) is 45.7 Å². The highest BCUT2D eigenvalue weighted by Gasteiger charge is 2.45. The largest absolute Gasteiger partial charge is 0.461 e. The molecule has 0 saturated carbocycles. The van der Waals surface area contributed by atoms with E-state index in [0.717, 1.165) is 62.6 Å². The molecule has 296 valence electrons. The number of rotatable bonds is 5. The van der Waals surface area contributed by atoms with Crippen LogP contribution in [0.5, 0.6) is 11.8 Å². The third-order valence-corrected chi connectivity index (χ3v) is 12.6. The highest BCUT2D eigenvalue weighted by Crippen LogP contribution is 2.42. The topological polar surface area (TPSA) is 119 Å². The van der Waals surface area contributed by atoms with Gasteiger partial charge in [0.05, 0.1) is 33.7 Å². The van der Waals surface area contributed by atoms with Gasteiger partial charge in [0.1, 0.15) is 29.4 Å². The fourth-order valence-corrected chi connectivity index (χ4v) is 10.1. The van der Waals surface area contributed by atoms with E-state index in [1.807, 2.05) is 30.0 Å². The van der Waals surface area contributed by atoms with Crippen molar-refractivity contribution in [3.05, 3.63) is 81.2 Å². The maximum Gasteiger partial charge on any atom is 0.407 e. The first-order chi connectivity index (χ1) is 27.5. The van der Waals surface area contributed by atoms with Crippen LogP contribution in [0, 0.1) is 12.7 Å². The molecule has 5 aromatic rings. The fraction of sp³-hybridized carbons (Fsp3) is 0.419. The van der Waals surface area contributed by atoms with Crippen LogP contribution in [0.1, 0.15) is 73.4 Å². The first-order valence-electron chi connectivity index (χ1n) is 19.7. The van der Waals surface area contributed by atoms with Crippen molar-refractivity contribution in [3.8, 4) is 23.0 Å². The molecule has 1 unspecified atom stereocenters. The summed E-state index contributed by atoms with van der Waals surface area (Å²) in [7, 11) is 0. The van der Waals surface area contributed by atoms with E-state index in [1.54, 1.807) is 31.3 Å². The van der Waals surface area contributed by atoms with E-state index in [4.69, 9.17) is 52.4 Å². The van der Waals surface area contributed by atoms with Crippen LogP contribution in [-0.2, 0) is 11.2 Å². The van der Waals surface area contributed by atoms with Crippen molar-refractivity contribution in [2.24, 2.45) is 0 Å². The van der Waals surface area contributed by atoms with Gasteiger partial charge in [-0.05, 0) is 124 Å². The third kappa shape index (κ3) is 7.10. The number of aromatic nitrogens is 3. The highest BCUT2D eigenvalue weighted by molar-refractivity contribution is 6.36. The normalized spacial score (nSPS) is 20.7. The summed E-state index contributed by atoms with van der Waals surface area (Å²) < 4.78 is 35.7. The second-order valence-corrected chi connectivity index (χ2v) is 17.0. The van der Waals surface area contributed by atoms with Crippen LogP contribution in [0.3, 0.4) is 0 Å². The van der Waals surface area contributed by atoms with E-state index >= 15 is 4.39 Å². The van der Waals surface area contributed by atoms with Crippen molar-refractivity contribution in [1.29, 1.82) is 0 Å². The second-order valence-electron chi connectivity index (χ2n) is 16.1. The monoisotopic (exact) mass is 812 g/mol. The maximum atomic E-state index is 17.6. The van der Waals surface area contributed by atoms with Crippen molar-refractivity contribution in [1.82, 2.24) is 25.2 Å². The molecule has 3 aromatic carbocycles. The average Bonchev–Trinajstić information content (AvgIpc) is 3.75. The van der Waals surface area contributed by atoms with Gasteiger partial charge in [-0.15, -0.1) is 0 Å². The number of carbonyl (C=O) groups is 2. The lowest BCUT2D eigenvalue weighted by molar-refractivity contribution is 0.0734. The summed E-state index contributed by atoms with van der Waals surface area (Å²) in [4.78, 5) is 45.9. The number of piperidine rings is 1. The molecule has 5 aliphatic rings. The molecule has 0 aliphatic carbocycles. The molecule has 57 heavy (non-hydrogen) atoms. The average molecular weight is 814 g/mol. The van der Waals surface area contributed by atoms with Crippen molar-refractivity contribution in [2.75, 3.05) is 44.3 Å². The predicted octanol–water partition coefficient (Wildman–Crippen LogP) is 8.86.